The Morgan fingerprint density at radius 3 is 2.84 bits per heavy atom. The topological polar surface area (TPSA) is 70.6 Å². The number of benzene rings is 1. The van der Waals surface area contributed by atoms with E-state index in [0.29, 0.717) is 41.8 Å². The average Bonchev–Trinajstić information content (AvgIpc) is 3.17. The molecule has 7 nitrogen and oxygen atoms in total. The van der Waals surface area contributed by atoms with Gasteiger partial charge in [-0.3, -0.25) is 9.48 Å². The van der Waals surface area contributed by atoms with Crippen molar-refractivity contribution in [2.45, 2.75) is 6.54 Å². The van der Waals surface area contributed by atoms with Crippen molar-refractivity contribution in [2.24, 2.45) is 12.0 Å². The summed E-state index contributed by atoms with van der Waals surface area (Å²) in [6.07, 6.45) is 7.07. The summed E-state index contributed by atoms with van der Waals surface area (Å²) in [4.78, 5) is 17.2. The summed E-state index contributed by atoms with van der Waals surface area (Å²) in [5.41, 5.74) is 1.28. The van der Waals surface area contributed by atoms with Crippen molar-refractivity contribution in [2.75, 3.05) is 13.2 Å². The largest absolute Gasteiger partial charge is 0.486 e. The summed E-state index contributed by atoms with van der Waals surface area (Å²) in [7, 11) is 1.70. The van der Waals surface area contributed by atoms with Crippen molar-refractivity contribution in [3.05, 3.63) is 34.9 Å². The maximum atomic E-state index is 12.5. The summed E-state index contributed by atoms with van der Waals surface area (Å²) in [5, 5.41) is 4.00. The van der Waals surface area contributed by atoms with E-state index in [1.165, 1.54) is 16.0 Å². The van der Waals surface area contributed by atoms with Crippen LogP contribution in [0.25, 0.3) is 10.2 Å². The zero-order chi connectivity index (χ0) is 17.4. The predicted molar refractivity (Wildman–Crippen MR) is 92.7 cm³/mol. The normalized spacial score (nSPS) is 13.8. The summed E-state index contributed by atoms with van der Waals surface area (Å²) in [6, 6.07) is 5.41. The number of aryl methyl sites for hydroxylation is 1. The first-order valence-corrected chi connectivity index (χ1v) is 8.42. The van der Waals surface area contributed by atoms with Gasteiger partial charge in [-0.05, 0) is 6.07 Å². The van der Waals surface area contributed by atoms with E-state index in [1.54, 1.807) is 19.3 Å². The highest BCUT2D eigenvalue weighted by Crippen LogP contribution is 2.35. The van der Waals surface area contributed by atoms with Crippen molar-refractivity contribution in [3.63, 3.8) is 0 Å². The van der Waals surface area contributed by atoms with Gasteiger partial charge in [0.25, 0.3) is 5.91 Å². The van der Waals surface area contributed by atoms with E-state index < -0.39 is 0 Å². The molecule has 126 valence electrons. The number of rotatable bonds is 2. The molecule has 0 unspecified atom stereocenters. The molecule has 0 aliphatic carbocycles. The smallest absolute Gasteiger partial charge is 0.297 e. The second-order valence-corrected chi connectivity index (χ2v) is 6.40. The first-order valence-electron chi connectivity index (χ1n) is 7.61. The lowest BCUT2D eigenvalue weighted by molar-refractivity contribution is 0.0989. The molecular formula is C17H14N4O3S. The summed E-state index contributed by atoms with van der Waals surface area (Å²) in [6.45, 7) is 1.33. The van der Waals surface area contributed by atoms with E-state index in [-0.39, 0.29) is 5.91 Å². The molecule has 1 aliphatic heterocycles. The fourth-order valence-corrected chi connectivity index (χ4v) is 3.70. The van der Waals surface area contributed by atoms with E-state index in [2.05, 4.69) is 16.0 Å². The highest BCUT2D eigenvalue weighted by molar-refractivity contribution is 7.16. The molecule has 0 fully saturated rings. The summed E-state index contributed by atoms with van der Waals surface area (Å²) in [5.74, 6) is 3.61. The lowest BCUT2D eigenvalue weighted by atomic mass is 10.2. The minimum absolute atomic E-state index is 0.303. The van der Waals surface area contributed by atoms with Crippen LogP contribution in [-0.2, 0) is 13.6 Å². The van der Waals surface area contributed by atoms with E-state index in [0.717, 1.165) is 10.2 Å². The van der Waals surface area contributed by atoms with Gasteiger partial charge in [-0.15, -0.1) is 6.42 Å². The van der Waals surface area contributed by atoms with Gasteiger partial charge < -0.3 is 14.0 Å². The fourth-order valence-electron chi connectivity index (χ4n) is 2.66. The number of carbonyl (C=O) groups excluding carboxylic acids is 1. The molecule has 0 radical (unpaired) electrons. The van der Waals surface area contributed by atoms with Crippen LogP contribution in [0.4, 0.5) is 0 Å². The number of fused-ring (bicyclic) bond motifs is 2. The Balaban J connectivity index is 1.89. The molecule has 3 aromatic rings. The molecule has 0 atom stereocenters. The standard InChI is InChI=1S/C17H14N4O3S/c1-3-6-21-12-9-13-14(24-8-7-23-13)10-15(12)25-17(21)19-16(22)11-4-5-18-20(11)2/h1,4-5,9-10H,6-8H2,2H3. The minimum atomic E-state index is -0.366. The number of ether oxygens (including phenoxy) is 2. The second-order valence-electron chi connectivity index (χ2n) is 5.40. The average molecular weight is 354 g/mol. The van der Waals surface area contributed by atoms with Gasteiger partial charge in [-0.2, -0.15) is 10.1 Å². The third-order valence-electron chi connectivity index (χ3n) is 3.83. The first kappa shape index (κ1) is 15.5. The number of thiazole rings is 1. The second kappa shape index (κ2) is 6.11. The van der Waals surface area contributed by atoms with E-state index in [9.17, 15) is 4.79 Å². The van der Waals surface area contributed by atoms with Crippen molar-refractivity contribution in [1.82, 2.24) is 14.3 Å². The molecular weight excluding hydrogens is 340 g/mol. The van der Waals surface area contributed by atoms with Crippen LogP contribution < -0.4 is 14.3 Å². The van der Waals surface area contributed by atoms with E-state index in [1.807, 2.05) is 16.7 Å². The summed E-state index contributed by atoms with van der Waals surface area (Å²) >= 11 is 1.38. The third kappa shape index (κ3) is 2.68. The van der Waals surface area contributed by atoms with Crippen molar-refractivity contribution < 1.29 is 14.3 Å². The van der Waals surface area contributed by atoms with E-state index in [4.69, 9.17) is 15.9 Å². The zero-order valence-corrected chi connectivity index (χ0v) is 14.2. The number of carbonyl (C=O) groups is 1. The lowest BCUT2D eigenvalue weighted by Gasteiger charge is -2.18. The molecule has 0 spiro atoms. The molecule has 1 aliphatic rings. The van der Waals surface area contributed by atoms with Gasteiger partial charge in [0.15, 0.2) is 16.3 Å². The Hall–Kier alpha value is -3.05. The maximum Gasteiger partial charge on any atom is 0.297 e. The Labute approximate surface area is 147 Å². The number of hydrogen-bond donors (Lipinski definition) is 0. The fraction of sp³-hybridized carbons (Fsp3) is 0.235. The Bertz CT molecular complexity index is 1080. The molecule has 0 bridgehead atoms. The molecule has 0 saturated carbocycles. The van der Waals surface area contributed by atoms with Crippen LogP contribution in [0.5, 0.6) is 11.5 Å². The van der Waals surface area contributed by atoms with Crippen molar-refractivity contribution in [1.29, 1.82) is 0 Å². The molecule has 0 saturated heterocycles. The molecule has 4 rings (SSSR count). The highest BCUT2D eigenvalue weighted by atomic mass is 32.1. The van der Waals surface area contributed by atoms with Crippen LogP contribution in [0.2, 0.25) is 0 Å². The Morgan fingerprint density at radius 1 is 1.40 bits per heavy atom. The van der Waals surface area contributed by atoms with Gasteiger partial charge in [0, 0.05) is 25.4 Å². The van der Waals surface area contributed by atoms with Crippen molar-refractivity contribution >= 4 is 27.5 Å². The molecule has 25 heavy (non-hydrogen) atoms. The molecule has 8 heteroatoms. The number of amides is 1. The van der Waals surface area contributed by atoms with Crippen LogP contribution in [0.1, 0.15) is 10.5 Å². The Morgan fingerprint density at radius 2 is 2.16 bits per heavy atom. The van der Waals surface area contributed by atoms with Gasteiger partial charge in [-0.1, -0.05) is 17.3 Å². The molecule has 1 amide bonds. The number of hydrogen-bond acceptors (Lipinski definition) is 5. The molecule has 1 aromatic carbocycles. The summed E-state index contributed by atoms with van der Waals surface area (Å²) < 4.78 is 15.5. The third-order valence-corrected chi connectivity index (χ3v) is 4.87. The van der Waals surface area contributed by atoms with Gasteiger partial charge >= 0.3 is 0 Å². The molecule has 2 aromatic heterocycles. The SMILES string of the molecule is C#CCn1c(=NC(=O)c2ccnn2C)sc2cc3c(cc21)OCCO3. The number of terminal acetylenes is 1. The number of nitrogens with zero attached hydrogens (tertiary/aromatic N) is 4. The maximum absolute atomic E-state index is 12.5. The molecule has 0 N–H and O–H groups in total. The zero-order valence-electron chi connectivity index (χ0n) is 13.4. The van der Waals surface area contributed by atoms with Crippen LogP contribution in [0.15, 0.2) is 29.4 Å². The minimum Gasteiger partial charge on any atom is -0.486 e. The van der Waals surface area contributed by atoms with Crippen LogP contribution in [0, 0.1) is 12.3 Å². The van der Waals surface area contributed by atoms with Gasteiger partial charge in [0.1, 0.15) is 18.9 Å². The predicted octanol–water partition coefficient (Wildman–Crippen LogP) is 1.58. The van der Waals surface area contributed by atoms with Crippen LogP contribution >= 0.6 is 11.3 Å². The number of aromatic nitrogens is 3. The van der Waals surface area contributed by atoms with Crippen molar-refractivity contribution in [3.8, 4) is 23.8 Å². The monoisotopic (exact) mass is 354 g/mol. The van der Waals surface area contributed by atoms with E-state index >= 15 is 0 Å². The quantitative estimate of drug-likeness (QED) is 0.655. The first-order chi connectivity index (χ1) is 12.2. The molecule has 3 heterocycles. The lowest BCUT2D eigenvalue weighted by Crippen LogP contribution is -2.18. The Kier molecular flexibility index (Phi) is 3.78. The van der Waals surface area contributed by atoms with Crippen LogP contribution in [-0.4, -0.2) is 33.5 Å². The highest BCUT2D eigenvalue weighted by Gasteiger charge is 2.17. The van der Waals surface area contributed by atoms with Gasteiger partial charge in [0.2, 0.25) is 0 Å². The van der Waals surface area contributed by atoms with Gasteiger partial charge in [0.05, 0.1) is 16.8 Å². The van der Waals surface area contributed by atoms with Gasteiger partial charge in [-0.25, -0.2) is 0 Å². The van der Waals surface area contributed by atoms with Crippen LogP contribution in [0.3, 0.4) is 0 Å².